The Labute approximate surface area is 326 Å². The molecule has 0 aliphatic heterocycles. The monoisotopic (exact) mass is 729 g/mol. The van der Waals surface area contributed by atoms with Crippen molar-refractivity contribution in [3.8, 4) is 45.5 Å². The van der Waals surface area contributed by atoms with E-state index in [0.29, 0.717) is 17.6 Å². The second-order valence-electron chi connectivity index (χ2n) is 14.4. The van der Waals surface area contributed by atoms with Gasteiger partial charge in [0.05, 0.1) is 27.8 Å². The Balaban J connectivity index is 1.06. The van der Waals surface area contributed by atoms with Gasteiger partial charge in [-0.25, -0.2) is 4.98 Å². The third-order valence-electron chi connectivity index (χ3n) is 11.2. The first-order valence-electron chi connectivity index (χ1n) is 19.1. The molecule has 0 amide bonds. The molecule has 4 heterocycles. The van der Waals surface area contributed by atoms with Crippen LogP contribution in [-0.4, -0.2) is 24.1 Å². The number of aromatic nitrogens is 5. The lowest BCUT2D eigenvalue weighted by Crippen LogP contribution is -2.06. The molecule has 6 nitrogen and oxygen atoms in total. The summed E-state index contributed by atoms with van der Waals surface area (Å²) in [6.45, 7) is 0. The van der Waals surface area contributed by atoms with Crippen LogP contribution in [0, 0.1) is 0 Å². The SMILES string of the molecule is c1ccc(-c2ccc(-c3nc(-c4ccc5oc6c(-n7c8ccccc8c8ccccc87)cccc6c5c4)nc(-n4c5ccccc5c5ccccc54)n3)cc2)cc1. The number of nitrogens with zero attached hydrogens (tertiary/aromatic N) is 5. The van der Waals surface area contributed by atoms with Gasteiger partial charge in [0.25, 0.3) is 0 Å². The van der Waals surface area contributed by atoms with Crippen LogP contribution in [0.2, 0.25) is 0 Å². The summed E-state index contributed by atoms with van der Waals surface area (Å²) in [5.41, 5.74) is 11.1. The first kappa shape index (κ1) is 31.5. The molecule has 0 aliphatic rings. The summed E-state index contributed by atoms with van der Waals surface area (Å²) in [6.07, 6.45) is 0. The molecule has 0 unspecified atom stereocenters. The van der Waals surface area contributed by atoms with Crippen LogP contribution < -0.4 is 0 Å². The molecule has 12 rings (SSSR count). The zero-order valence-electron chi connectivity index (χ0n) is 30.5. The second-order valence-corrected chi connectivity index (χ2v) is 14.4. The van der Waals surface area contributed by atoms with Crippen LogP contribution >= 0.6 is 0 Å². The molecule has 0 saturated heterocycles. The summed E-state index contributed by atoms with van der Waals surface area (Å²) in [6, 6.07) is 65.5. The maximum absolute atomic E-state index is 6.74. The van der Waals surface area contributed by atoms with Gasteiger partial charge in [-0.15, -0.1) is 0 Å². The van der Waals surface area contributed by atoms with Gasteiger partial charge < -0.3 is 8.98 Å². The zero-order chi connectivity index (χ0) is 37.5. The Hall–Kier alpha value is -7.83. The van der Waals surface area contributed by atoms with E-state index in [-0.39, 0.29) is 0 Å². The Bertz CT molecular complexity index is 3410. The van der Waals surface area contributed by atoms with E-state index in [9.17, 15) is 0 Å². The van der Waals surface area contributed by atoms with E-state index in [4.69, 9.17) is 19.4 Å². The number of furan rings is 1. The Kier molecular flexibility index (Phi) is 6.83. The molecule has 0 saturated carbocycles. The first-order chi connectivity index (χ1) is 28.3. The Morgan fingerprint density at radius 1 is 0.333 bits per heavy atom. The average molecular weight is 730 g/mol. The van der Waals surface area contributed by atoms with Gasteiger partial charge in [0, 0.05) is 43.4 Å². The summed E-state index contributed by atoms with van der Waals surface area (Å²) in [5, 5.41) is 6.74. The maximum Gasteiger partial charge on any atom is 0.238 e. The highest BCUT2D eigenvalue weighted by Crippen LogP contribution is 2.39. The van der Waals surface area contributed by atoms with Gasteiger partial charge >= 0.3 is 0 Å². The van der Waals surface area contributed by atoms with Crippen molar-refractivity contribution in [1.82, 2.24) is 24.1 Å². The zero-order valence-corrected chi connectivity index (χ0v) is 30.5. The minimum Gasteiger partial charge on any atom is -0.454 e. The molecular formula is C51H31N5O. The molecule has 4 aromatic heterocycles. The molecule has 0 bridgehead atoms. The smallest absolute Gasteiger partial charge is 0.238 e. The standard InChI is InChI=1S/C51H31N5O/c1-2-13-32(14-3-1)33-25-27-34(28-26-33)49-52-50(54-51(53-49)56-44-22-10-6-17-38(44)39-18-7-11-23-45(39)56)35-29-30-47-41(31-35)40-19-12-24-46(48(40)57-47)55-42-20-8-4-15-36(42)37-16-5-9-21-43(37)55/h1-31H. The van der Waals surface area contributed by atoms with E-state index in [1.54, 1.807) is 0 Å². The minimum atomic E-state index is 0.560. The summed E-state index contributed by atoms with van der Waals surface area (Å²) < 4.78 is 11.2. The average Bonchev–Trinajstić information content (AvgIpc) is 3.94. The second kappa shape index (κ2) is 12.3. The molecule has 0 spiro atoms. The third kappa shape index (κ3) is 4.87. The van der Waals surface area contributed by atoms with Crippen molar-refractivity contribution in [2.75, 3.05) is 0 Å². The molecule has 0 atom stereocenters. The van der Waals surface area contributed by atoms with Crippen LogP contribution in [0.3, 0.4) is 0 Å². The third-order valence-corrected chi connectivity index (χ3v) is 11.2. The fourth-order valence-electron chi connectivity index (χ4n) is 8.58. The molecule has 266 valence electrons. The Morgan fingerprint density at radius 3 is 1.42 bits per heavy atom. The predicted octanol–water partition coefficient (Wildman–Crippen LogP) is 13.0. The largest absolute Gasteiger partial charge is 0.454 e. The van der Waals surface area contributed by atoms with Crippen molar-refractivity contribution in [3.05, 3.63) is 188 Å². The molecule has 0 radical (unpaired) electrons. The van der Waals surface area contributed by atoms with Gasteiger partial charge in [-0.1, -0.05) is 140 Å². The van der Waals surface area contributed by atoms with Gasteiger partial charge in [0.1, 0.15) is 5.58 Å². The van der Waals surface area contributed by atoms with Crippen molar-refractivity contribution in [2.24, 2.45) is 0 Å². The van der Waals surface area contributed by atoms with Crippen LogP contribution in [0.1, 0.15) is 0 Å². The van der Waals surface area contributed by atoms with Gasteiger partial charge in [-0.3, -0.25) is 4.57 Å². The fraction of sp³-hybridized carbons (Fsp3) is 0. The summed E-state index contributed by atoms with van der Waals surface area (Å²) in [4.78, 5) is 15.6. The molecule has 0 aliphatic carbocycles. The molecule has 6 heteroatoms. The molecule has 0 fully saturated rings. The van der Waals surface area contributed by atoms with E-state index in [1.807, 2.05) is 12.1 Å². The van der Waals surface area contributed by atoms with Gasteiger partial charge in [0.15, 0.2) is 17.2 Å². The maximum atomic E-state index is 6.74. The van der Waals surface area contributed by atoms with Crippen molar-refractivity contribution in [2.45, 2.75) is 0 Å². The van der Waals surface area contributed by atoms with E-state index < -0.39 is 0 Å². The highest BCUT2D eigenvalue weighted by Gasteiger charge is 2.20. The lowest BCUT2D eigenvalue weighted by molar-refractivity contribution is 0.666. The van der Waals surface area contributed by atoms with Gasteiger partial charge in [-0.05, 0) is 59.7 Å². The molecule has 0 N–H and O–H groups in total. The summed E-state index contributed by atoms with van der Waals surface area (Å²) in [5.74, 6) is 1.74. The minimum absolute atomic E-state index is 0.560. The lowest BCUT2D eigenvalue weighted by atomic mass is 10.0. The number of rotatable bonds is 5. The van der Waals surface area contributed by atoms with Crippen molar-refractivity contribution in [1.29, 1.82) is 0 Å². The number of benzene rings is 8. The Morgan fingerprint density at radius 2 is 0.807 bits per heavy atom. The number of hydrogen-bond acceptors (Lipinski definition) is 4. The van der Waals surface area contributed by atoms with E-state index in [2.05, 4.69) is 185 Å². The molecule has 8 aromatic carbocycles. The molecular weight excluding hydrogens is 699 g/mol. The number of hydrogen-bond donors (Lipinski definition) is 0. The molecule has 12 aromatic rings. The lowest BCUT2D eigenvalue weighted by Gasteiger charge is -2.11. The number of para-hydroxylation sites is 5. The first-order valence-corrected chi connectivity index (χ1v) is 19.1. The van der Waals surface area contributed by atoms with Crippen molar-refractivity contribution in [3.63, 3.8) is 0 Å². The van der Waals surface area contributed by atoms with E-state index >= 15 is 0 Å². The number of fused-ring (bicyclic) bond motifs is 9. The summed E-state index contributed by atoms with van der Waals surface area (Å²) in [7, 11) is 0. The highest BCUT2D eigenvalue weighted by molar-refractivity contribution is 6.13. The van der Waals surface area contributed by atoms with Crippen LogP contribution in [-0.2, 0) is 0 Å². The summed E-state index contributed by atoms with van der Waals surface area (Å²) >= 11 is 0. The van der Waals surface area contributed by atoms with E-state index in [1.165, 1.54) is 10.8 Å². The van der Waals surface area contributed by atoms with Crippen LogP contribution in [0.15, 0.2) is 192 Å². The van der Waals surface area contributed by atoms with Crippen LogP contribution in [0.25, 0.3) is 111 Å². The predicted molar refractivity (Wildman–Crippen MR) is 232 cm³/mol. The molecule has 57 heavy (non-hydrogen) atoms. The fourth-order valence-corrected chi connectivity index (χ4v) is 8.58. The quantitative estimate of drug-likeness (QED) is 0.177. The topological polar surface area (TPSA) is 61.7 Å². The highest BCUT2D eigenvalue weighted by atomic mass is 16.3. The van der Waals surface area contributed by atoms with Crippen LogP contribution in [0.4, 0.5) is 0 Å². The van der Waals surface area contributed by atoms with Crippen molar-refractivity contribution >= 4 is 65.6 Å². The van der Waals surface area contributed by atoms with Gasteiger partial charge in [-0.2, -0.15) is 9.97 Å². The normalized spacial score (nSPS) is 11.9. The van der Waals surface area contributed by atoms with E-state index in [0.717, 1.165) is 82.7 Å². The van der Waals surface area contributed by atoms with Gasteiger partial charge in [0.2, 0.25) is 5.95 Å². The van der Waals surface area contributed by atoms with Crippen LogP contribution in [0.5, 0.6) is 0 Å². The van der Waals surface area contributed by atoms with Crippen molar-refractivity contribution < 1.29 is 4.42 Å².